The van der Waals surface area contributed by atoms with E-state index in [9.17, 15) is 0 Å². The summed E-state index contributed by atoms with van der Waals surface area (Å²) in [6.45, 7) is 5.19. The van der Waals surface area contributed by atoms with Gasteiger partial charge in [-0.15, -0.1) is 10.2 Å². The van der Waals surface area contributed by atoms with Crippen molar-refractivity contribution in [2.45, 2.75) is 38.6 Å². The Hall–Kier alpha value is -2.14. The predicted molar refractivity (Wildman–Crippen MR) is 93.8 cm³/mol. The number of aryl methyl sites for hydroxylation is 2. The van der Waals surface area contributed by atoms with E-state index in [0.29, 0.717) is 5.92 Å². The molecular formula is C19H24N4O. The third kappa shape index (κ3) is 2.84. The highest BCUT2D eigenvalue weighted by Crippen LogP contribution is 2.29. The summed E-state index contributed by atoms with van der Waals surface area (Å²) in [5, 5.41) is 9.78. The zero-order valence-electron chi connectivity index (χ0n) is 14.4. The van der Waals surface area contributed by atoms with Gasteiger partial charge >= 0.3 is 0 Å². The Bertz CT molecular complexity index is 835. The van der Waals surface area contributed by atoms with Crippen molar-refractivity contribution in [1.82, 2.24) is 19.7 Å². The number of nitrogens with zero attached hydrogens (tertiary/aromatic N) is 4. The van der Waals surface area contributed by atoms with Crippen molar-refractivity contribution in [3.8, 4) is 0 Å². The zero-order chi connectivity index (χ0) is 16.5. The van der Waals surface area contributed by atoms with E-state index in [1.165, 1.54) is 16.5 Å². The Morgan fingerprint density at radius 1 is 1.25 bits per heavy atom. The van der Waals surface area contributed by atoms with Gasteiger partial charge in [0.05, 0.1) is 5.92 Å². The van der Waals surface area contributed by atoms with Crippen LogP contribution in [0.25, 0.3) is 10.9 Å². The number of para-hydroxylation sites is 1. The first kappa shape index (κ1) is 15.4. The number of rotatable bonds is 5. The van der Waals surface area contributed by atoms with Gasteiger partial charge in [0.15, 0.2) is 0 Å². The van der Waals surface area contributed by atoms with Crippen molar-refractivity contribution < 1.29 is 4.42 Å². The third-order valence-electron chi connectivity index (χ3n) is 4.94. The number of hydrogen-bond donors (Lipinski definition) is 0. The van der Waals surface area contributed by atoms with Crippen LogP contribution < -0.4 is 0 Å². The van der Waals surface area contributed by atoms with Crippen molar-refractivity contribution in [2.24, 2.45) is 7.05 Å². The van der Waals surface area contributed by atoms with Crippen LogP contribution in [0.2, 0.25) is 0 Å². The van der Waals surface area contributed by atoms with E-state index in [2.05, 4.69) is 64.1 Å². The molecule has 1 aromatic carbocycles. The van der Waals surface area contributed by atoms with Gasteiger partial charge < -0.3 is 8.98 Å². The second-order valence-electron chi connectivity index (χ2n) is 6.79. The largest absolute Gasteiger partial charge is 0.425 e. The summed E-state index contributed by atoms with van der Waals surface area (Å²) >= 11 is 0. The van der Waals surface area contributed by atoms with Crippen LogP contribution in [-0.2, 0) is 20.0 Å². The lowest BCUT2D eigenvalue weighted by Crippen LogP contribution is -2.19. The molecule has 0 N–H and O–H groups in total. The number of likely N-dealkylation sites (tertiary alicyclic amines) is 1. The average Bonchev–Trinajstić information content (AvgIpc) is 3.29. The minimum atomic E-state index is 0.373. The lowest BCUT2D eigenvalue weighted by atomic mass is 10.1. The van der Waals surface area contributed by atoms with E-state index >= 15 is 0 Å². The van der Waals surface area contributed by atoms with Crippen molar-refractivity contribution in [2.75, 3.05) is 13.1 Å². The molecule has 3 aromatic rings. The van der Waals surface area contributed by atoms with E-state index in [1.807, 2.05) is 0 Å². The molecule has 0 spiro atoms. The monoisotopic (exact) mass is 324 g/mol. The molecule has 0 saturated carbocycles. The minimum Gasteiger partial charge on any atom is -0.425 e. The van der Waals surface area contributed by atoms with Crippen LogP contribution >= 0.6 is 0 Å². The van der Waals surface area contributed by atoms with Gasteiger partial charge in [0.25, 0.3) is 0 Å². The molecule has 1 saturated heterocycles. The Balaban J connectivity index is 1.46. The molecule has 0 bridgehead atoms. The molecule has 0 amide bonds. The fourth-order valence-corrected chi connectivity index (χ4v) is 3.72. The molecule has 1 fully saturated rings. The second kappa shape index (κ2) is 6.40. The molecule has 1 atom stereocenters. The lowest BCUT2D eigenvalue weighted by molar-refractivity contribution is 0.319. The standard InChI is InChI=1S/C19H24N4O/c1-3-6-18-20-21-19(24-18)14-9-10-23(12-14)13-15-11-22(2)17-8-5-4-7-16(15)17/h4-5,7-8,11,14H,3,6,9-10,12-13H2,1-2H3/t14-/m0/s1. The zero-order valence-corrected chi connectivity index (χ0v) is 14.4. The topological polar surface area (TPSA) is 47.1 Å². The Morgan fingerprint density at radius 2 is 2.12 bits per heavy atom. The number of aromatic nitrogens is 3. The maximum atomic E-state index is 5.83. The van der Waals surface area contributed by atoms with Crippen LogP contribution in [-0.4, -0.2) is 32.8 Å². The van der Waals surface area contributed by atoms with Gasteiger partial charge in [0, 0.05) is 43.7 Å². The van der Waals surface area contributed by atoms with Crippen LogP contribution in [0.4, 0.5) is 0 Å². The van der Waals surface area contributed by atoms with Gasteiger partial charge in [-0.2, -0.15) is 0 Å². The van der Waals surface area contributed by atoms with Gasteiger partial charge in [-0.3, -0.25) is 4.90 Å². The molecule has 126 valence electrons. The molecule has 0 radical (unpaired) electrons. The van der Waals surface area contributed by atoms with Crippen LogP contribution in [0, 0.1) is 0 Å². The van der Waals surface area contributed by atoms with E-state index in [0.717, 1.165) is 50.7 Å². The smallest absolute Gasteiger partial charge is 0.220 e. The summed E-state index contributed by atoms with van der Waals surface area (Å²) in [5.41, 5.74) is 2.69. The average molecular weight is 324 g/mol. The number of fused-ring (bicyclic) bond motifs is 1. The van der Waals surface area contributed by atoms with Crippen LogP contribution in [0.3, 0.4) is 0 Å². The fraction of sp³-hybridized carbons (Fsp3) is 0.474. The first-order chi connectivity index (χ1) is 11.7. The van der Waals surface area contributed by atoms with E-state index in [4.69, 9.17) is 4.42 Å². The maximum Gasteiger partial charge on any atom is 0.220 e. The minimum absolute atomic E-state index is 0.373. The highest BCUT2D eigenvalue weighted by atomic mass is 16.4. The first-order valence-electron chi connectivity index (χ1n) is 8.82. The number of benzene rings is 1. The van der Waals surface area contributed by atoms with E-state index < -0.39 is 0 Å². The molecule has 2 aromatic heterocycles. The summed E-state index contributed by atoms with van der Waals surface area (Å²) in [6.07, 6.45) is 5.27. The highest BCUT2D eigenvalue weighted by molar-refractivity contribution is 5.83. The third-order valence-corrected chi connectivity index (χ3v) is 4.94. The maximum absolute atomic E-state index is 5.83. The Kier molecular flexibility index (Phi) is 4.10. The molecule has 5 heteroatoms. The molecule has 4 rings (SSSR count). The predicted octanol–water partition coefficient (Wildman–Crippen LogP) is 3.50. The highest BCUT2D eigenvalue weighted by Gasteiger charge is 2.28. The molecule has 0 unspecified atom stereocenters. The first-order valence-corrected chi connectivity index (χ1v) is 8.82. The van der Waals surface area contributed by atoms with E-state index in [1.54, 1.807) is 0 Å². The van der Waals surface area contributed by atoms with E-state index in [-0.39, 0.29) is 0 Å². The summed E-state index contributed by atoms with van der Waals surface area (Å²) in [6, 6.07) is 8.61. The van der Waals surface area contributed by atoms with Gasteiger partial charge in [0.2, 0.25) is 11.8 Å². The second-order valence-corrected chi connectivity index (χ2v) is 6.79. The molecule has 1 aliphatic rings. The van der Waals surface area contributed by atoms with Gasteiger partial charge in [-0.25, -0.2) is 0 Å². The van der Waals surface area contributed by atoms with Crippen molar-refractivity contribution in [3.05, 3.63) is 47.8 Å². The summed E-state index contributed by atoms with van der Waals surface area (Å²) in [4.78, 5) is 2.50. The molecule has 1 aliphatic heterocycles. The van der Waals surface area contributed by atoms with Gasteiger partial charge in [-0.1, -0.05) is 25.1 Å². The van der Waals surface area contributed by atoms with Crippen molar-refractivity contribution >= 4 is 10.9 Å². The Morgan fingerprint density at radius 3 is 3.00 bits per heavy atom. The lowest BCUT2D eigenvalue weighted by Gasteiger charge is -2.14. The Labute approximate surface area is 142 Å². The SMILES string of the molecule is CCCc1nnc([C@H]2CCN(Cc3cn(C)c4ccccc34)C2)o1. The molecule has 3 heterocycles. The molecule has 24 heavy (non-hydrogen) atoms. The molecular weight excluding hydrogens is 300 g/mol. The van der Waals surface area contributed by atoms with Gasteiger partial charge in [0.1, 0.15) is 0 Å². The normalized spacial score (nSPS) is 18.7. The van der Waals surface area contributed by atoms with Crippen LogP contribution in [0.5, 0.6) is 0 Å². The van der Waals surface area contributed by atoms with Crippen molar-refractivity contribution in [3.63, 3.8) is 0 Å². The van der Waals surface area contributed by atoms with Gasteiger partial charge in [-0.05, 0) is 31.0 Å². The molecule has 0 aliphatic carbocycles. The summed E-state index contributed by atoms with van der Waals surface area (Å²) < 4.78 is 8.04. The summed E-state index contributed by atoms with van der Waals surface area (Å²) in [5.74, 6) is 1.97. The van der Waals surface area contributed by atoms with Crippen molar-refractivity contribution in [1.29, 1.82) is 0 Å². The fourth-order valence-electron chi connectivity index (χ4n) is 3.72. The quantitative estimate of drug-likeness (QED) is 0.720. The molecule has 5 nitrogen and oxygen atoms in total. The number of hydrogen-bond acceptors (Lipinski definition) is 4. The van der Waals surface area contributed by atoms with Crippen LogP contribution in [0.1, 0.15) is 43.0 Å². The van der Waals surface area contributed by atoms with Crippen LogP contribution in [0.15, 0.2) is 34.9 Å². The summed E-state index contributed by atoms with van der Waals surface area (Å²) in [7, 11) is 2.12.